The lowest BCUT2D eigenvalue weighted by Gasteiger charge is -2.26. The highest BCUT2D eigenvalue weighted by Gasteiger charge is 2.39. The van der Waals surface area contributed by atoms with Crippen LogP contribution in [0.5, 0.6) is 0 Å². The molecule has 1 unspecified atom stereocenters. The van der Waals surface area contributed by atoms with Gasteiger partial charge in [0.25, 0.3) is 5.91 Å². The Morgan fingerprint density at radius 1 is 1.06 bits per heavy atom. The minimum atomic E-state index is -1.79. The van der Waals surface area contributed by atoms with Crippen LogP contribution in [0, 0.1) is 3.57 Å². The van der Waals surface area contributed by atoms with E-state index in [9.17, 15) is 9.90 Å². The van der Waals surface area contributed by atoms with Crippen molar-refractivity contribution < 1.29 is 9.90 Å². The molecule has 18 heavy (non-hydrogen) atoms. The van der Waals surface area contributed by atoms with Crippen molar-refractivity contribution in [2.75, 3.05) is 0 Å². The Morgan fingerprint density at radius 2 is 1.61 bits per heavy atom. The lowest BCUT2D eigenvalue weighted by molar-refractivity contribution is -0.133. The number of amides is 1. The topological polar surface area (TPSA) is 63.3 Å². The molecule has 0 radical (unpaired) electrons. The number of rotatable bonds is 3. The smallest absolute Gasteiger partial charge is 0.258 e. The van der Waals surface area contributed by atoms with Crippen molar-refractivity contribution in [1.82, 2.24) is 0 Å². The van der Waals surface area contributed by atoms with Crippen molar-refractivity contribution in [2.24, 2.45) is 5.73 Å². The van der Waals surface area contributed by atoms with Crippen LogP contribution in [-0.2, 0) is 10.4 Å². The van der Waals surface area contributed by atoms with E-state index in [0.29, 0.717) is 11.1 Å². The second kappa shape index (κ2) is 5.07. The largest absolute Gasteiger partial charge is 0.372 e. The molecule has 0 fully saturated rings. The van der Waals surface area contributed by atoms with Gasteiger partial charge in [-0.3, -0.25) is 4.79 Å². The van der Waals surface area contributed by atoms with Crippen LogP contribution in [0.1, 0.15) is 11.1 Å². The van der Waals surface area contributed by atoms with Crippen molar-refractivity contribution in [3.63, 3.8) is 0 Å². The number of benzene rings is 2. The van der Waals surface area contributed by atoms with E-state index in [1.165, 1.54) is 0 Å². The Balaban J connectivity index is 2.67. The van der Waals surface area contributed by atoms with Crippen molar-refractivity contribution in [2.45, 2.75) is 5.60 Å². The zero-order chi connectivity index (χ0) is 13.2. The molecule has 0 spiro atoms. The highest BCUT2D eigenvalue weighted by Crippen LogP contribution is 2.32. The average molecular weight is 353 g/mol. The van der Waals surface area contributed by atoms with Crippen LogP contribution in [0.15, 0.2) is 54.6 Å². The van der Waals surface area contributed by atoms with Crippen molar-refractivity contribution in [3.8, 4) is 0 Å². The van der Waals surface area contributed by atoms with Crippen LogP contribution in [0.2, 0.25) is 0 Å². The summed E-state index contributed by atoms with van der Waals surface area (Å²) in [5.41, 5.74) is 4.60. The van der Waals surface area contributed by atoms with E-state index in [0.717, 1.165) is 3.57 Å². The molecule has 2 rings (SSSR count). The maximum Gasteiger partial charge on any atom is 0.258 e. The highest BCUT2D eigenvalue weighted by atomic mass is 127. The zero-order valence-corrected chi connectivity index (χ0v) is 11.7. The molecule has 0 heterocycles. The molecule has 92 valence electrons. The fraction of sp³-hybridized carbons (Fsp3) is 0.0714. The Bertz CT molecular complexity index is 571. The number of primary amides is 1. The van der Waals surface area contributed by atoms with Gasteiger partial charge in [-0.2, -0.15) is 0 Å². The Kier molecular flexibility index (Phi) is 3.68. The summed E-state index contributed by atoms with van der Waals surface area (Å²) < 4.78 is 0.792. The summed E-state index contributed by atoms with van der Waals surface area (Å²) in [6.07, 6.45) is 0. The third kappa shape index (κ3) is 2.13. The second-order valence-corrected chi connectivity index (χ2v) is 5.08. The summed E-state index contributed by atoms with van der Waals surface area (Å²) >= 11 is 2.08. The van der Waals surface area contributed by atoms with E-state index in [4.69, 9.17) is 5.73 Å². The van der Waals surface area contributed by atoms with E-state index in [-0.39, 0.29) is 0 Å². The molecule has 3 nitrogen and oxygen atoms in total. The maximum atomic E-state index is 11.7. The van der Waals surface area contributed by atoms with Gasteiger partial charge in [0.2, 0.25) is 0 Å². The van der Waals surface area contributed by atoms with E-state index in [2.05, 4.69) is 22.6 Å². The van der Waals surface area contributed by atoms with Crippen LogP contribution >= 0.6 is 22.6 Å². The molecule has 0 saturated carbocycles. The Morgan fingerprint density at radius 3 is 2.17 bits per heavy atom. The molecule has 0 saturated heterocycles. The molecule has 2 aromatic carbocycles. The fourth-order valence-electron chi connectivity index (χ4n) is 1.86. The SMILES string of the molecule is NC(=O)C(O)(c1ccccc1)c1ccccc1I. The molecule has 0 aliphatic heterocycles. The van der Waals surface area contributed by atoms with Crippen LogP contribution in [0.25, 0.3) is 0 Å². The third-order valence-corrected chi connectivity index (χ3v) is 3.75. The van der Waals surface area contributed by atoms with Crippen LogP contribution in [-0.4, -0.2) is 11.0 Å². The molecule has 3 N–H and O–H groups in total. The van der Waals surface area contributed by atoms with Crippen LogP contribution in [0.3, 0.4) is 0 Å². The summed E-state index contributed by atoms with van der Waals surface area (Å²) in [6.45, 7) is 0. The van der Waals surface area contributed by atoms with Gasteiger partial charge in [-0.1, -0.05) is 48.5 Å². The molecule has 4 heteroatoms. The number of halogens is 1. The van der Waals surface area contributed by atoms with Gasteiger partial charge in [0, 0.05) is 9.13 Å². The number of carbonyl (C=O) groups excluding carboxylic acids is 1. The van der Waals surface area contributed by atoms with Gasteiger partial charge in [-0.15, -0.1) is 0 Å². The fourth-order valence-corrected chi connectivity index (χ4v) is 2.64. The summed E-state index contributed by atoms with van der Waals surface area (Å²) in [5.74, 6) is -0.780. The lowest BCUT2D eigenvalue weighted by Crippen LogP contribution is -2.42. The average Bonchev–Trinajstić information content (AvgIpc) is 2.39. The number of carbonyl (C=O) groups is 1. The second-order valence-electron chi connectivity index (χ2n) is 3.92. The number of hydrogen-bond acceptors (Lipinski definition) is 2. The molecular formula is C14H12INO2. The normalized spacial score (nSPS) is 13.9. The monoisotopic (exact) mass is 353 g/mol. The van der Waals surface area contributed by atoms with E-state index in [1.807, 2.05) is 18.2 Å². The molecule has 0 bridgehead atoms. The van der Waals surface area contributed by atoms with Gasteiger partial charge >= 0.3 is 0 Å². The zero-order valence-electron chi connectivity index (χ0n) is 9.51. The van der Waals surface area contributed by atoms with E-state index >= 15 is 0 Å². The van der Waals surface area contributed by atoms with Gasteiger partial charge < -0.3 is 10.8 Å². The van der Waals surface area contributed by atoms with Gasteiger partial charge in [0.1, 0.15) is 0 Å². The molecule has 1 atom stereocenters. The quantitative estimate of drug-likeness (QED) is 0.830. The Labute approximate surface area is 119 Å². The van der Waals surface area contributed by atoms with Gasteiger partial charge in [-0.05, 0) is 34.2 Å². The van der Waals surface area contributed by atoms with Crippen LogP contribution in [0.4, 0.5) is 0 Å². The standard InChI is InChI=1S/C14H12INO2/c15-12-9-5-4-8-11(12)14(18,13(16)17)10-6-2-1-3-7-10/h1-9,18H,(H2,16,17). The Hall–Kier alpha value is -1.40. The highest BCUT2D eigenvalue weighted by molar-refractivity contribution is 14.1. The van der Waals surface area contributed by atoms with E-state index < -0.39 is 11.5 Å². The number of hydrogen-bond donors (Lipinski definition) is 2. The van der Waals surface area contributed by atoms with Crippen LogP contribution < -0.4 is 5.73 Å². The maximum absolute atomic E-state index is 11.7. The first-order valence-electron chi connectivity index (χ1n) is 5.39. The summed E-state index contributed by atoms with van der Waals surface area (Å²) in [6, 6.07) is 15.9. The molecule has 0 aliphatic carbocycles. The molecular weight excluding hydrogens is 341 g/mol. The first kappa shape index (κ1) is 13.0. The third-order valence-electron chi connectivity index (χ3n) is 2.81. The minimum Gasteiger partial charge on any atom is -0.372 e. The predicted molar refractivity (Wildman–Crippen MR) is 77.8 cm³/mol. The van der Waals surface area contributed by atoms with Crippen molar-refractivity contribution >= 4 is 28.5 Å². The van der Waals surface area contributed by atoms with Gasteiger partial charge in [-0.25, -0.2) is 0 Å². The first-order valence-corrected chi connectivity index (χ1v) is 6.47. The van der Waals surface area contributed by atoms with Crippen molar-refractivity contribution in [1.29, 1.82) is 0 Å². The molecule has 1 amide bonds. The van der Waals surface area contributed by atoms with Gasteiger partial charge in [0.05, 0.1) is 0 Å². The summed E-state index contributed by atoms with van der Waals surface area (Å²) in [5, 5.41) is 10.7. The van der Waals surface area contributed by atoms with Gasteiger partial charge in [0.15, 0.2) is 5.60 Å². The number of aliphatic hydroxyl groups is 1. The lowest BCUT2D eigenvalue weighted by atomic mass is 9.86. The summed E-state index contributed by atoms with van der Waals surface area (Å²) in [4.78, 5) is 11.7. The molecule has 0 aromatic heterocycles. The predicted octanol–water partition coefficient (Wildman–Crippen LogP) is 2.01. The molecule has 0 aliphatic rings. The minimum absolute atomic E-state index is 0.474. The van der Waals surface area contributed by atoms with Crippen molar-refractivity contribution in [3.05, 3.63) is 69.3 Å². The first-order chi connectivity index (χ1) is 8.56. The summed E-state index contributed by atoms with van der Waals surface area (Å²) in [7, 11) is 0. The number of nitrogens with two attached hydrogens (primary N) is 1. The molecule has 2 aromatic rings. The van der Waals surface area contributed by atoms with E-state index in [1.54, 1.807) is 36.4 Å².